The van der Waals surface area contributed by atoms with Crippen LogP contribution in [0.3, 0.4) is 0 Å². The molecule has 6 nitrogen and oxygen atoms in total. The van der Waals surface area contributed by atoms with Crippen molar-refractivity contribution in [3.05, 3.63) is 65.5 Å². The largest absolute Gasteiger partial charge is 0.452 e. The minimum atomic E-state index is -0.920. The minimum absolute atomic E-state index is 0.187. The van der Waals surface area contributed by atoms with Gasteiger partial charge in [-0.15, -0.1) is 0 Å². The van der Waals surface area contributed by atoms with Crippen molar-refractivity contribution in [3.8, 4) is 0 Å². The summed E-state index contributed by atoms with van der Waals surface area (Å²) in [6.45, 7) is 4.27. The number of amides is 2. The average molecular weight is 412 g/mol. The third-order valence-corrected chi connectivity index (χ3v) is 5.15. The maximum Gasteiger partial charge on any atom is 0.309 e. The smallest absolute Gasteiger partial charge is 0.309 e. The molecule has 1 aliphatic rings. The van der Waals surface area contributed by atoms with Crippen molar-refractivity contribution in [2.45, 2.75) is 32.8 Å². The van der Waals surface area contributed by atoms with Crippen LogP contribution in [0.25, 0.3) is 0 Å². The summed E-state index contributed by atoms with van der Waals surface area (Å²) >= 11 is 0. The molecule has 7 heteroatoms. The molecule has 1 atom stereocenters. The van der Waals surface area contributed by atoms with Crippen molar-refractivity contribution in [1.29, 1.82) is 0 Å². The SMILES string of the molecule is Cc1cccc(NC(=O)[C@@H](C)OC(=O)C2CCN(C(=O)c3ccc(F)cc3)CC2)c1. The highest BCUT2D eigenvalue weighted by Gasteiger charge is 2.30. The summed E-state index contributed by atoms with van der Waals surface area (Å²) in [6, 6.07) is 12.8. The van der Waals surface area contributed by atoms with Gasteiger partial charge in [0.2, 0.25) is 0 Å². The highest BCUT2D eigenvalue weighted by molar-refractivity contribution is 5.95. The molecule has 2 aromatic rings. The van der Waals surface area contributed by atoms with Gasteiger partial charge < -0.3 is 15.0 Å². The lowest BCUT2D eigenvalue weighted by atomic mass is 9.96. The number of carbonyl (C=O) groups excluding carboxylic acids is 3. The van der Waals surface area contributed by atoms with Gasteiger partial charge in [-0.1, -0.05) is 12.1 Å². The van der Waals surface area contributed by atoms with Gasteiger partial charge >= 0.3 is 5.97 Å². The number of aryl methyl sites for hydroxylation is 1. The first-order chi connectivity index (χ1) is 14.3. The lowest BCUT2D eigenvalue weighted by Crippen LogP contribution is -2.41. The van der Waals surface area contributed by atoms with Gasteiger partial charge in [-0.3, -0.25) is 14.4 Å². The molecule has 1 N–H and O–H groups in total. The van der Waals surface area contributed by atoms with Gasteiger partial charge in [0, 0.05) is 24.3 Å². The number of rotatable bonds is 5. The second kappa shape index (κ2) is 9.52. The van der Waals surface area contributed by atoms with E-state index in [1.165, 1.54) is 31.2 Å². The van der Waals surface area contributed by atoms with Crippen molar-refractivity contribution in [1.82, 2.24) is 4.90 Å². The average Bonchev–Trinajstić information content (AvgIpc) is 2.74. The van der Waals surface area contributed by atoms with Crippen LogP contribution < -0.4 is 5.32 Å². The summed E-state index contributed by atoms with van der Waals surface area (Å²) in [5, 5.41) is 2.74. The first kappa shape index (κ1) is 21.5. The highest BCUT2D eigenvalue weighted by atomic mass is 19.1. The van der Waals surface area contributed by atoms with Crippen LogP contribution in [0.1, 0.15) is 35.7 Å². The van der Waals surface area contributed by atoms with Gasteiger partial charge in [-0.05, 0) is 68.7 Å². The van der Waals surface area contributed by atoms with E-state index in [1.807, 2.05) is 25.1 Å². The molecule has 2 aromatic carbocycles. The third kappa shape index (κ3) is 5.43. The molecule has 30 heavy (non-hydrogen) atoms. The molecule has 0 bridgehead atoms. The number of anilines is 1. The molecule has 1 fully saturated rings. The van der Waals surface area contributed by atoms with Crippen LogP contribution in [-0.2, 0) is 14.3 Å². The molecule has 3 rings (SSSR count). The molecule has 0 spiro atoms. The fourth-order valence-corrected chi connectivity index (χ4v) is 3.38. The van der Waals surface area contributed by atoms with Crippen LogP contribution in [0.15, 0.2) is 48.5 Å². The molecular weight excluding hydrogens is 387 g/mol. The molecule has 158 valence electrons. The van der Waals surface area contributed by atoms with Crippen LogP contribution in [0.2, 0.25) is 0 Å². The topological polar surface area (TPSA) is 75.7 Å². The Kier molecular flexibility index (Phi) is 6.82. The Balaban J connectivity index is 1.48. The Labute approximate surface area is 175 Å². The van der Waals surface area contributed by atoms with Crippen molar-refractivity contribution in [2.75, 3.05) is 18.4 Å². The Morgan fingerprint density at radius 1 is 1.10 bits per heavy atom. The number of piperidine rings is 1. The molecular formula is C23H25FN2O4. The fourth-order valence-electron chi connectivity index (χ4n) is 3.38. The Bertz CT molecular complexity index is 921. The summed E-state index contributed by atoms with van der Waals surface area (Å²) in [7, 11) is 0. The second-order valence-corrected chi connectivity index (χ2v) is 7.51. The van der Waals surface area contributed by atoms with Gasteiger partial charge in [-0.2, -0.15) is 0 Å². The number of halogens is 1. The molecule has 0 aromatic heterocycles. The number of carbonyl (C=O) groups is 3. The van der Waals surface area contributed by atoms with Crippen LogP contribution in [0.5, 0.6) is 0 Å². The fraction of sp³-hybridized carbons (Fsp3) is 0.348. The van der Waals surface area contributed by atoms with Gasteiger partial charge in [0.05, 0.1) is 5.92 Å². The van der Waals surface area contributed by atoms with Gasteiger partial charge in [-0.25, -0.2) is 4.39 Å². The van der Waals surface area contributed by atoms with E-state index in [4.69, 9.17) is 4.74 Å². The van der Waals surface area contributed by atoms with Crippen LogP contribution in [-0.4, -0.2) is 41.9 Å². The van der Waals surface area contributed by atoms with Gasteiger partial charge in [0.15, 0.2) is 6.10 Å². The molecule has 0 saturated carbocycles. The predicted molar refractivity (Wildman–Crippen MR) is 110 cm³/mol. The predicted octanol–water partition coefficient (Wildman–Crippen LogP) is 3.56. The van der Waals surface area contributed by atoms with Gasteiger partial charge in [0.1, 0.15) is 5.82 Å². The van der Waals surface area contributed by atoms with Crippen molar-refractivity contribution in [2.24, 2.45) is 5.92 Å². The number of benzene rings is 2. The lowest BCUT2D eigenvalue weighted by molar-refractivity contribution is -0.158. The number of nitrogens with one attached hydrogen (secondary N) is 1. The van der Waals surface area contributed by atoms with Gasteiger partial charge in [0.25, 0.3) is 11.8 Å². The van der Waals surface area contributed by atoms with Crippen molar-refractivity contribution < 1.29 is 23.5 Å². The standard InChI is InChI=1S/C23H25FN2O4/c1-15-4-3-5-20(14-15)25-21(27)16(2)30-23(29)18-10-12-26(13-11-18)22(28)17-6-8-19(24)9-7-17/h3-9,14,16,18H,10-13H2,1-2H3,(H,25,27)/t16-/m1/s1. The number of hydrogen-bond acceptors (Lipinski definition) is 4. The Hall–Kier alpha value is -3.22. The van der Waals surface area contributed by atoms with Crippen molar-refractivity contribution in [3.63, 3.8) is 0 Å². The maximum atomic E-state index is 13.0. The third-order valence-electron chi connectivity index (χ3n) is 5.15. The molecule has 0 unspecified atom stereocenters. The van der Waals surface area contributed by atoms with Crippen molar-refractivity contribution >= 4 is 23.5 Å². The van der Waals surface area contributed by atoms with Crippen LogP contribution >= 0.6 is 0 Å². The minimum Gasteiger partial charge on any atom is -0.452 e. The summed E-state index contributed by atoms with van der Waals surface area (Å²) < 4.78 is 18.4. The summed E-state index contributed by atoms with van der Waals surface area (Å²) in [5.41, 5.74) is 2.08. The van der Waals surface area contributed by atoms with E-state index < -0.39 is 23.8 Å². The van der Waals surface area contributed by atoms with E-state index in [0.29, 0.717) is 37.2 Å². The van der Waals surface area contributed by atoms with E-state index in [2.05, 4.69) is 5.32 Å². The maximum absolute atomic E-state index is 13.0. The molecule has 1 heterocycles. The van der Waals surface area contributed by atoms with E-state index in [-0.39, 0.29) is 11.8 Å². The van der Waals surface area contributed by atoms with E-state index in [9.17, 15) is 18.8 Å². The number of ether oxygens (including phenoxy) is 1. The zero-order valence-corrected chi connectivity index (χ0v) is 17.1. The molecule has 2 amide bonds. The highest BCUT2D eigenvalue weighted by Crippen LogP contribution is 2.21. The summed E-state index contributed by atoms with van der Waals surface area (Å²) in [4.78, 5) is 38.9. The van der Waals surface area contributed by atoms with E-state index >= 15 is 0 Å². The zero-order valence-electron chi connectivity index (χ0n) is 17.1. The number of likely N-dealkylation sites (tertiary alicyclic amines) is 1. The first-order valence-corrected chi connectivity index (χ1v) is 9.96. The summed E-state index contributed by atoms with van der Waals surface area (Å²) in [5.74, 6) is -1.77. The van der Waals surface area contributed by atoms with Crippen LogP contribution in [0.4, 0.5) is 10.1 Å². The Morgan fingerprint density at radius 3 is 2.40 bits per heavy atom. The zero-order chi connectivity index (χ0) is 21.7. The number of esters is 1. The molecule has 0 radical (unpaired) electrons. The van der Waals surface area contributed by atoms with E-state index in [0.717, 1.165) is 5.56 Å². The quantitative estimate of drug-likeness (QED) is 0.762. The Morgan fingerprint density at radius 2 is 1.77 bits per heavy atom. The molecule has 1 saturated heterocycles. The number of hydrogen-bond donors (Lipinski definition) is 1. The second-order valence-electron chi connectivity index (χ2n) is 7.51. The number of nitrogens with zero attached hydrogens (tertiary/aromatic N) is 1. The lowest BCUT2D eigenvalue weighted by Gasteiger charge is -2.31. The summed E-state index contributed by atoms with van der Waals surface area (Å²) in [6.07, 6.45) is -0.00687. The van der Waals surface area contributed by atoms with E-state index in [1.54, 1.807) is 11.0 Å². The molecule has 1 aliphatic heterocycles. The first-order valence-electron chi connectivity index (χ1n) is 9.96. The normalized spacial score (nSPS) is 15.4. The molecule has 0 aliphatic carbocycles. The monoisotopic (exact) mass is 412 g/mol. The van der Waals surface area contributed by atoms with Crippen LogP contribution in [0, 0.1) is 18.7 Å².